The second-order valence-electron chi connectivity index (χ2n) is 7.44. The third-order valence-electron chi connectivity index (χ3n) is 5.25. The smallest absolute Gasteiger partial charge is 0.350 e. The van der Waals surface area contributed by atoms with Crippen LogP contribution in [0.1, 0.15) is 57.6 Å². The topological polar surface area (TPSA) is 78.8 Å². The molecule has 0 fully saturated rings. The molecule has 2 aromatic rings. The summed E-state index contributed by atoms with van der Waals surface area (Å²) in [5, 5.41) is 9.85. The standard InChI is InChI=1S/C21H31N5O2S2.HI/c1-6-28-20(27)18-14(3)24-19(30-18)15(4)25-21(22-5)23-11-13(2)26-9-7-17-16(12-26)8-10-29-17;/h8,10,13,15H,6-7,9,11-12H2,1-5H3,(H2,22,23,25);1H. The molecule has 0 aliphatic carbocycles. The number of aliphatic imine (C=N–C) groups is 1. The fourth-order valence-corrected chi connectivity index (χ4v) is 5.32. The van der Waals surface area contributed by atoms with Gasteiger partial charge in [0.05, 0.1) is 18.3 Å². The number of ether oxygens (including phenoxy) is 1. The van der Waals surface area contributed by atoms with Crippen LogP contribution < -0.4 is 10.6 Å². The molecule has 3 heterocycles. The Bertz CT molecular complexity index is 898. The highest BCUT2D eigenvalue weighted by Gasteiger charge is 2.23. The number of guanidine groups is 1. The summed E-state index contributed by atoms with van der Waals surface area (Å²) >= 11 is 3.24. The summed E-state index contributed by atoms with van der Waals surface area (Å²) in [5.41, 5.74) is 2.17. The van der Waals surface area contributed by atoms with Crippen molar-refractivity contribution in [3.63, 3.8) is 0 Å². The number of aryl methyl sites for hydroxylation is 1. The Morgan fingerprint density at radius 3 is 2.90 bits per heavy atom. The zero-order valence-electron chi connectivity index (χ0n) is 18.7. The Morgan fingerprint density at radius 2 is 2.19 bits per heavy atom. The van der Waals surface area contributed by atoms with E-state index in [9.17, 15) is 4.79 Å². The molecule has 0 spiro atoms. The zero-order valence-corrected chi connectivity index (χ0v) is 22.7. The van der Waals surface area contributed by atoms with Crippen molar-refractivity contribution in [3.8, 4) is 0 Å². The number of hydrogen-bond acceptors (Lipinski definition) is 7. The molecule has 31 heavy (non-hydrogen) atoms. The third kappa shape index (κ3) is 6.62. The maximum absolute atomic E-state index is 12.1. The van der Waals surface area contributed by atoms with Crippen LogP contribution in [0.25, 0.3) is 0 Å². The summed E-state index contributed by atoms with van der Waals surface area (Å²) < 4.78 is 5.11. The molecule has 0 radical (unpaired) electrons. The van der Waals surface area contributed by atoms with Crippen LogP contribution >= 0.6 is 46.7 Å². The van der Waals surface area contributed by atoms with E-state index < -0.39 is 0 Å². The molecule has 0 aromatic carbocycles. The number of thiazole rings is 1. The lowest BCUT2D eigenvalue weighted by Crippen LogP contribution is -2.47. The average Bonchev–Trinajstić information content (AvgIpc) is 3.36. The minimum atomic E-state index is -0.308. The van der Waals surface area contributed by atoms with E-state index in [0.717, 1.165) is 37.0 Å². The van der Waals surface area contributed by atoms with Gasteiger partial charge >= 0.3 is 5.97 Å². The van der Waals surface area contributed by atoms with Crippen molar-refractivity contribution < 1.29 is 9.53 Å². The highest BCUT2D eigenvalue weighted by molar-refractivity contribution is 14.0. The Balaban J connectivity index is 0.00000341. The van der Waals surface area contributed by atoms with Crippen LogP contribution in [-0.4, -0.2) is 54.6 Å². The molecule has 3 rings (SSSR count). The van der Waals surface area contributed by atoms with Crippen LogP contribution in [0.15, 0.2) is 16.4 Å². The van der Waals surface area contributed by atoms with Gasteiger partial charge in [0.1, 0.15) is 9.88 Å². The first-order valence-electron chi connectivity index (χ1n) is 10.3. The molecular weight excluding hydrogens is 545 g/mol. The first kappa shape index (κ1) is 26.0. The van der Waals surface area contributed by atoms with Crippen molar-refractivity contribution in [3.05, 3.63) is 37.5 Å². The molecule has 0 saturated heterocycles. The Morgan fingerprint density at radius 1 is 1.42 bits per heavy atom. The minimum absolute atomic E-state index is 0. The summed E-state index contributed by atoms with van der Waals surface area (Å²) in [6.07, 6.45) is 1.13. The van der Waals surface area contributed by atoms with E-state index in [-0.39, 0.29) is 36.0 Å². The largest absolute Gasteiger partial charge is 0.462 e. The predicted molar refractivity (Wildman–Crippen MR) is 139 cm³/mol. The molecule has 1 aliphatic heterocycles. The molecular formula is C21H32IN5O2S2. The van der Waals surface area contributed by atoms with Gasteiger partial charge in [0, 0.05) is 37.6 Å². The van der Waals surface area contributed by atoms with Gasteiger partial charge in [0.15, 0.2) is 5.96 Å². The lowest BCUT2D eigenvalue weighted by molar-refractivity contribution is 0.0531. The molecule has 1 aliphatic rings. The molecule has 172 valence electrons. The average molecular weight is 578 g/mol. The van der Waals surface area contributed by atoms with Crippen LogP contribution in [0.2, 0.25) is 0 Å². The molecule has 0 amide bonds. The maximum atomic E-state index is 12.1. The van der Waals surface area contributed by atoms with Crippen molar-refractivity contribution in [2.45, 2.75) is 52.7 Å². The van der Waals surface area contributed by atoms with E-state index in [0.29, 0.717) is 23.2 Å². The summed E-state index contributed by atoms with van der Waals surface area (Å²) in [6, 6.07) is 2.57. The van der Waals surface area contributed by atoms with E-state index in [4.69, 9.17) is 4.74 Å². The number of rotatable bonds is 7. The number of nitrogens with zero attached hydrogens (tertiary/aromatic N) is 3. The Labute approximate surface area is 209 Å². The predicted octanol–water partition coefficient (Wildman–Crippen LogP) is 3.98. The number of halogens is 1. The molecule has 2 unspecified atom stereocenters. The summed E-state index contributed by atoms with van der Waals surface area (Å²) in [6.45, 7) is 11.2. The van der Waals surface area contributed by atoms with Gasteiger partial charge in [0.2, 0.25) is 0 Å². The van der Waals surface area contributed by atoms with Crippen LogP contribution in [0.5, 0.6) is 0 Å². The van der Waals surface area contributed by atoms with E-state index in [2.05, 4.69) is 43.9 Å². The molecule has 10 heteroatoms. The zero-order chi connectivity index (χ0) is 21.7. The van der Waals surface area contributed by atoms with Crippen molar-refractivity contribution >= 4 is 58.6 Å². The second-order valence-corrected chi connectivity index (χ2v) is 9.48. The van der Waals surface area contributed by atoms with E-state index in [1.54, 1.807) is 14.0 Å². The quantitative estimate of drug-likeness (QED) is 0.225. The molecule has 2 N–H and O–H groups in total. The maximum Gasteiger partial charge on any atom is 0.350 e. The number of thiophene rings is 1. The Kier molecular flexibility index (Phi) is 10.2. The molecule has 2 atom stereocenters. The first-order valence-corrected chi connectivity index (χ1v) is 12.0. The number of nitrogens with one attached hydrogen (secondary N) is 2. The molecule has 7 nitrogen and oxygen atoms in total. The van der Waals surface area contributed by atoms with Crippen LogP contribution in [0.3, 0.4) is 0 Å². The number of esters is 1. The number of aromatic nitrogens is 1. The van der Waals surface area contributed by atoms with Crippen molar-refractivity contribution in [2.75, 3.05) is 26.7 Å². The van der Waals surface area contributed by atoms with Gasteiger partial charge in [-0.05, 0) is 51.1 Å². The fraction of sp³-hybridized carbons (Fsp3) is 0.571. The summed E-state index contributed by atoms with van der Waals surface area (Å²) in [7, 11) is 1.77. The molecule has 2 aromatic heterocycles. The van der Waals surface area contributed by atoms with Gasteiger partial charge in [-0.1, -0.05) is 0 Å². The van der Waals surface area contributed by atoms with Gasteiger partial charge < -0.3 is 15.4 Å². The highest BCUT2D eigenvalue weighted by Crippen LogP contribution is 2.25. The molecule has 0 saturated carbocycles. The Hall–Kier alpha value is -1.24. The SMILES string of the molecule is CCOC(=O)c1sc(C(C)NC(=NC)NCC(C)N2CCc3sccc3C2)nc1C.I. The monoisotopic (exact) mass is 577 g/mol. The number of carbonyl (C=O) groups is 1. The second kappa shape index (κ2) is 12.1. The van der Waals surface area contributed by atoms with Gasteiger partial charge in [-0.2, -0.15) is 0 Å². The van der Waals surface area contributed by atoms with E-state index >= 15 is 0 Å². The minimum Gasteiger partial charge on any atom is -0.462 e. The number of carbonyl (C=O) groups excluding carboxylic acids is 1. The first-order chi connectivity index (χ1) is 14.4. The van der Waals surface area contributed by atoms with Gasteiger partial charge in [-0.15, -0.1) is 46.7 Å². The van der Waals surface area contributed by atoms with Crippen LogP contribution in [0.4, 0.5) is 0 Å². The molecule has 0 bridgehead atoms. The van der Waals surface area contributed by atoms with Crippen LogP contribution in [0, 0.1) is 6.92 Å². The van der Waals surface area contributed by atoms with Crippen molar-refractivity contribution in [2.24, 2.45) is 4.99 Å². The number of fused-ring (bicyclic) bond motifs is 1. The van der Waals surface area contributed by atoms with Crippen molar-refractivity contribution in [1.29, 1.82) is 0 Å². The van der Waals surface area contributed by atoms with E-state index in [1.165, 1.54) is 21.8 Å². The third-order valence-corrected chi connectivity index (χ3v) is 7.59. The van der Waals surface area contributed by atoms with Gasteiger partial charge in [-0.3, -0.25) is 9.89 Å². The van der Waals surface area contributed by atoms with Crippen molar-refractivity contribution in [1.82, 2.24) is 20.5 Å². The number of hydrogen-bond donors (Lipinski definition) is 2. The lowest BCUT2D eigenvalue weighted by Gasteiger charge is -2.33. The lowest BCUT2D eigenvalue weighted by atomic mass is 10.1. The highest BCUT2D eigenvalue weighted by atomic mass is 127. The van der Waals surface area contributed by atoms with Gasteiger partial charge in [0.25, 0.3) is 0 Å². The van der Waals surface area contributed by atoms with E-state index in [1.807, 2.05) is 25.2 Å². The summed E-state index contributed by atoms with van der Waals surface area (Å²) in [5.74, 6) is 0.422. The normalized spacial score (nSPS) is 16.1. The van der Waals surface area contributed by atoms with Crippen LogP contribution in [-0.2, 0) is 17.7 Å². The summed E-state index contributed by atoms with van der Waals surface area (Å²) in [4.78, 5) is 25.6. The fourth-order valence-electron chi connectivity index (χ4n) is 3.47. The van der Waals surface area contributed by atoms with Gasteiger partial charge in [-0.25, -0.2) is 9.78 Å².